The lowest BCUT2D eigenvalue weighted by Gasteiger charge is -2.08. The summed E-state index contributed by atoms with van der Waals surface area (Å²) < 4.78 is 5.25. The number of aromatic nitrogens is 2. The number of aromatic amines is 2. The summed E-state index contributed by atoms with van der Waals surface area (Å²) >= 11 is 0. The van der Waals surface area contributed by atoms with Crippen LogP contribution in [0.3, 0.4) is 0 Å². The lowest BCUT2D eigenvalue weighted by Crippen LogP contribution is -2.10. The van der Waals surface area contributed by atoms with Crippen molar-refractivity contribution in [1.29, 1.82) is 0 Å². The minimum atomic E-state index is -0.0148. The quantitative estimate of drug-likeness (QED) is 0.537. The van der Waals surface area contributed by atoms with Gasteiger partial charge in [0.05, 0.1) is 12.8 Å². The number of hydrogen-bond donors (Lipinski definition) is 2. The second-order valence-electron chi connectivity index (χ2n) is 6.78. The molecular weight excluding hydrogens is 326 g/mol. The van der Waals surface area contributed by atoms with Gasteiger partial charge in [-0.25, -0.2) is 0 Å². The van der Waals surface area contributed by atoms with Crippen molar-refractivity contribution in [3.05, 3.63) is 65.5 Å². The Labute approximate surface area is 151 Å². The molecule has 0 amide bonds. The van der Waals surface area contributed by atoms with Crippen molar-refractivity contribution < 1.29 is 9.53 Å². The zero-order chi connectivity index (χ0) is 18.3. The molecule has 0 saturated heterocycles. The molecule has 0 fully saturated rings. The van der Waals surface area contributed by atoms with Crippen molar-refractivity contribution in [2.75, 3.05) is 21.2 Å². The molecule has 5 heteroatoms. The maximum Gasteiger partial charge on any atom is 0.209 e. The van der Waals surface area contributed by atoms with Crippen molar-refractivity contribution in [1.82, 2.24) is 14.9 Å². The van der Waals surface area contributed by atoms with Crippen LogP contribution in [0.2, 0.25) is 0 Å². The number of carbonyl (C=O) groups excluding carboxylic acids is 1. The number of ether oxygens (including phenoxy) is 1. The zero-order valence-electron chi connectivity index (χ0n) is 15.1. The monoisotopic (exact) mass is 347 g/mol. The van der Waals surface area contributed by atoms with E-state index in [4.69, 9.17) is 4.74 Å². The summed E-state index contributed by atoms with van der Waals surface area (Å²) in [6.45, 7) is 0.823. The van der Waals surface area contributed by atoms with Crippen molar-refractivity contribution in [2.24, 2.45) is 0 Å². The number of nitrogens with zero attached hydrogens (tertiary/aromatic N) is 1. The van der Waals surface area contributed by atoms with Gasteiger partial charge >= 0.3 is 0 Å². The molecule has 2 aromatic carbocycles. The van der Waals surface area contributed by atoms with Crippen molar-refractivity contribution >= 4 is 27.6 Å². The summed E-state index contributed by atoms with van der Waals surface area (Å²) in [7, 11) is 5.70. The molecular formula is C21H21N3O2. The van der Waals surface area contributed by atoms with E-state index in [9.17, 15) is 4.79 Å². The largest absolute Gasteiger partial charge is 0.497 e. The molecule has 0 aliphatic heterocycles. The Morgan fingerprint density at radius 2 is 1.88 bits per heavy atom. The Balaban J connectivity index is 1.73. The van der Waals surface area contributed by atoms with Gasteiger partial charge in [-0.1, -0.05) is 0 Å². The highest BCUT2D eigenvalue weighted by molar-refractivity contribution is 6.11. The first-order valence-electron chi connectivity index (χ1n) is 8.51. The van der Waals surface area contributed by atoms with Crippen LogP contribution in [0.4, 0.5) is 0 Å². The minimum Gasteiger partial charge on any atom is -0.497 e. The fourth-order valence-electron chi connectivity index (χ4n) is 3.31. The van der Waals surface area contributed by atoms with E-state index in [0.29, 0.717) is 11.3 Å². The molecule has 5 nitrogen and oxygen atoms in total. The molecule has 0 aliphatic carbocycles. The highest BCUT2D eigenvalue weighted by atomic mass is 16.5. The number of ketones is 1. The predicted molar refractivity (Wildman–Crippen MR) is 104 cm³/mol. The van der Waals surface area contributed by atoms with E-state index in [-0.39, 0.29) is 5.78 Å². The highest BCUT2D eigenvalue weighted by Crippen LogP contribution is 2.25. The van der Waals surface area contributed by atoms with Gasteiger partial charge in [0, 0.05) is 40.1 Å². The number of methoxy groups -OCH3 is 1. The molecule has 4 aromatic rings. The van der Waals surface area contributed by atoms with Gasteiger partial charge in [-0.3, -0.25) is 4.79 Å². The molecule has 0 bridgehead atoms. The number of benzene rings is 2. The molecule has 132 valence electrons. The van der Waals surface area contributed by atoms with Crippen LogP contribution in [0.1, 0.15) is 21.6 Å². The second kappa shape index (κ2) is 6.35. The van der Waals surface area contributed by atoms with Gasteiger partial charge < -0.3 is 19.6 Å². The standard InChI is InChI=1S/C21H21N3O2/c1-24(2)12-15-11-22-19-6-4-13(9-17(15)19)21(25)20-10-14-8-16(26-3)5-7-18(14)23-20/h4-11,22-23H,12H2,1-3H3. The fourth-order valence-corrected chi connectivity index (χ4v) is 3.31. The van der Waals surface area contributed by atoms with Gasteiger partial charge in [0.2, 0.25) is 5.78 Å². The topological polar surface area (TPSA) is 61.1 Å². The Morgan fingerprint density at radius 1 is 1.08 bits per heavy atom. The first-order chi connectivity index (χ1) is 12.5. The van der Waals surface area contributed by atoms with Crippen molar-refractivity contribution in [3.8, 4) is 5.75 Å². The molecule has 0 spiro atoms. The Kier molecular flexibility index (Phi) is 4.01. The summed E-state index contributed by atoms with van der Waals surface area (Å²) in [5.74, 6) is 0.761. The van der Waals surface area contributed by atoms with Crippen LogP contribution in [0.15, 0.2) is 48.7 Å². The summed E-state index contributed by atoms with van der Waals surface area (Å²) in [6, 6.07) is 13.4. The Bertz CT molecular complexity index is 1110. The van der Waals surface area contributed by atoms with Crippen LogP contribution >= 0.6 is 0 Å². The van der Waals surface area contributed by atoms with Gasteiger partial charge in [-0.05, 0) is 62.1 Å². The number of rotatable bonds is 5. The van der Waals surface area contributed by atoms with Crippen LogP contribution in [-0.2, 0) is 6.54 Å². The van der Waals surface area contributed by atoms with Gasteiger partial charge in [0.1, 0.15) is 5.75 Å². The van der Waals surface area contributed by atoms with Crippen LogP contribution in [-0.4, -0.2) is 41.9 Å². The molecule has 2 N–H and O–H groups in total. The van der Waals surface area contributed by atoms with Crippen molar-refractivity contribution in [3.63, 3.8) is 0 Å². The van der Waals surface area contributed by atoms with Gasteiger partial charge in [-0.2, -0.15) is 0 Å². The number of fused-ring (bicyclic) bond motifs is 2. The van der Waals surface area contributed by atoms with E-state index in [1.54, 1.807) is 7.11 Å². The summed E-state index contributed by atoms with van der Waals surface area (Å²) in [6.07, 6.45) is 2.01. The number of hydrogen-bond acceptors (Lipinski definition) is 3. The minimum absolute atomic E-state index is 0.0148. The van der Waals surface area contributed by atoms with Crippen molar-refractivity contribution in [2.45, 2.75) is 6.54 Å². The third-order valence-electron chi connectivity index (χ3n) is 4.59. The third kappa shape index (κ3) is 2.86. The van der Waals surface area contributed by atoms with E-state index >= 15 is 0 Å². The lowest BCUT2D eigenvalue weighted by molar-refractivity contribution is 0.103. The number of H-pyrrole nitrogens is 2. The van der Waals surface area contributed by atoms with E-state index in [1.165, 1.54) is 5.56 Å². The SMILES string of the molecule is COc1ccc2[nH]c(C(=O)c3ccc4[nH]cc(CN(C)C)c4c3)cc2c1. The van der Waals surface area contributed by atoms with E-state index < -0.39 is 0 Å². The van der Waals surface area contributed by atoms with Gasteiger partial charge in [-0.15, -0.1) is 0 Å². The van der Waals surface area contributed by atoms with Gasteiger partial charge in [0.25, 0.3) is 0 Å². The molecule has 0 unspecified atom stereocenters. The highest BCUT2D eigenvalue weighted by Gasteiger charge is 2.14. The fraction of sp³-hybridized carbons (Fsp3) is 0.190. The van der Waals surface area contributed by atoms with Crippen LogP contribution < -0.4 is 4.74 Å². The lowest BCUT2D eigenvalue weighted by atomic mass is 10.0. The number of carbonyl (C=O) groups is 1. The molecule has 0 atom stereocenters. The molecule has 0 saturated carbocycles. The molecule has 0 aliphatic rings. The Morgan fingerprint density at radius 3 is 2.65 bits per heavy atom. The summed E-state index contributed by atoms with van der Waals surface area (Å²) in [5.41, 5.74) is 4.40. The molecule has 2 heterocycles. The van der Waals surface area contributed by atoms with E-state index in [0.717, 1.165) is 34.1 Å². The van der Waals surface area contributed by atoms with E-state index in [2.05, 4.69) is 14.9 Å². The molecule has 4 rings (SSSR count). The van der Waals surface area contributed by atoms with Crippen LogP contribution in [0.25, 0.3) is 21.8 Å². The second-order valence-corrected chi connectivity index (χ2v) is 6.78. The average Bonchev–Trinajstić information content (AvgIpc) is 3.23. The molecule has 0 radical (unpaired) electrons. The van der Waals surface area contributed by atoms with Gasteiger partial charge in [0.15, 0.2) is 0 Å². The first-order valence-corrected chi connectivity index (χ1v) is 8.51. The average molecular weight is 347 g/mol. The zero-order valence-corrected chi connectivity index (χ0v) is 15.1. The molecule has 26 heavy (non-hydrogen) atoms. The maximum atomic E-state index is 13.0. The summed E-state index contributed by atoms with van der Waals surface area (Å²) in [5, 5.41) is 2.05. The first kappa shape index (κ1) is 16.4. The summed E-state index contributed by atoms with van der Waals surface area (Å²) in [4.78, 5) is 21.6. The van der Waals surface area contributed by atoms with Crippen LogP contribution in [0, 0.1) is 0 Å². The smallest absolute Gasteiger partial charge is 0.209 e. The molecule has 2 aromatic heterocycles. The number of nitrogens with one attached hydrogen (secondary N) is 2. The maximum absolute atomic E-state index is 13.0. The third-order valence-corrected chi connectivity index (χ3v) is 4.59. The normalized spacial score (nSPS) is 11.5. The predicted octanol–water partition coefficient (Wildman–Crippen LogP) is 3.95. The van der Waals surface area contributed by atoms with Crippen LogP contribution in [0.5, 0.6) is 5.75 Å². The van der Waals surface area contributed by atoms with E-state index in [1.807, 2.05) is 62.8 Å². The Hall–Kier alpha value is -3.05.